The number of ether oxygens (including phenoxy) is 2. The van der Waals surface area contributed by atoms with Crippen LogP contribution in [0, 0.1) is 0 Å². The lowest BCUT2D eigenvalue weighted by Crippen LogP contribution is -2.03. The summed E-state index contributed by atoms with van der Waals surface area (Å²) in [5.74, 6) is 1.40. The molecule has 0 radical (unpaired) electrons. The Labute approximate surface area is 118 Å². The number of halogens is 1. The Balaban J connectivity index is 2.34. The van der Waals surface area contributed by atoms with E-state index in [9.17, 15) is 4.79 Å². The standard InChI is InChI=1S/C12H12BrN3O3/c1-18-11-4-10(13)12(19-2)3-8(11)5-16-6-9(7-17)14-15-16/h3-4,6-7H,5H2,1-2H3. The summed E-state index contributed by atoms with van der Waals surface area (Å²) >= 11 is 3.40. The van der Waals surface area contributed by atoms with Crippen LogP contribution in [0.15, 0.2) is 22.8 Å². The first-order valence-electron chi connectivity index (χ1n) is 5.43. The van der Waals surface area contributed by atoms with Crippen molar-refractivity contribution in [1.82, 2.24) is 15.0 Å². The summed E-state index contributed by atoms with van der Waals surface area (Å²) in [7, 11) is 3.19. The number of nitrogens with zero attached hydrogens (tertiary/aromatic N) is 3. The van der Waals surface area contributed by atoms with Gasteiger partial charge in [0.05, 0.1) is 31.4 Å². The molecule has 0 N–H and O–H groups in total. The molecule has 0 saturated carbocycles. The smallest absolute Gasteiger partial charge is 0.171 e. The van der Waals surface area contributed by atoms with Crippen LogP contribution in [-0.2, 0) is 6.54 Å². The van der Waals surface area contributed by atoms with E-state index in [1.807, 2.05) is 12.1 Å². The fourth-order valence-corrected chi connectivity index (χ4v) is 2.15. The molecule has 2 aromatic rings. The normalized spacial score (nSPS) is 10.3. The zero-order valence-electron chi connectivity index (χ0n) is 10.5. The molecule has 1 heterocycles. The highest BCUT2D eigenvalue weighted by molar-refractivity contribution is 9.10. The topological polar surface area (TPSA) is 66.2 Å². The van der Waals surface area contributed by atoms with E-state index in [2.05, 4.69) is 26.2 Å². The summed E-state index contributed by atoms with van der Waals surface area (Å²) in [5.41, 5.74) is 1.17. The fraction of sp³-hybridized carbons (Fsp3) is 0.250. The lowest BCUT2D eigenvalue weighted by molar-refractivity contribution is 0.111. The molecule has 0 aliphatic carbocycles. The van der Waals surface area contributed by atoms with Gasteiger partial charge >= 0.3 is 0 Å². The molecule has 0 bridgehead atoms. The van der Waals surface area contributed by atoms with Crippen molar-refractivity contribution >= 4 is 22.2 Å². The van der Waals surface area contributed by atoms with Crippen LogP contribution in [0.3, 0.4) is 0 Å². The maximum Gasteiger partial charge on any atom is 0.171 e. The average Bonchev–Trinajstić information content (AvgIpc) is 2.88. The van der Waals surface area contributed by atoms with Gasteiger partial charge in [-0.1, -0.05) is 5.21 Å². The molecule has 1 aromatic carbocycles. The van der Waals surface area contributed by atoms with E-state index in [0.29, 0.717) is 30.0 Å². The summed E-state index contributed by atoms with van der Waals surface area (Å²) in [4.78, 5) is 10.6. The van der Waals surface area contributed by atoms with Crippen LogP contribution < -0.4 is 9.47 Å². The van der Waals surface area contributed by atoms with Gasteiger partial charge in [0.25, 0.3) is 0 Å². The second-order valence-corrected chi connectivity index (χ2v) is 4.61. The Morgan fingerprint density at radius 1 is 1.32 bits per heavy atom. The lowest BCUT2D eigenvalue weighted by Gasteiger charge is -2.12. The van der Waals surface area contributed by atoms with E-state index < -0.39 is 0 Å². The molecular weight excluding hydrogens is 314 g/mol. The first-order chi connectivity index (χ1) is 9.17. The monoisotopic (exact) mass is 325 g/mol. The number of carbonyl (C=O) groups is 1. The van der Waals surface area contributed by atoms with Crippen molar-refractivity contribution in [2.75, 3.05) is 14.2 Å². The second-order valence-electron chi connectivity index (χ2n) is 3.76. The molecule has 6 nitrogen and oxygen atoms in total. The SMILES string of the molecule is COc1cc(Cn2cc(C=O)nn2)c(OC)cc1Br. The van der Waals surface area contributed by atoms with Gasteiger partial charge in [0.15, 0.2) is 6.29 Å². The molecule has 2 rings (SSSR count). The third-order valence-electron chi connectivity index (χ3n) is 2.56. The Hall–Kier alpha value is -1.89. The average molecular weight is 326 g/mol. The minimum absolute atomic E-state index is 0.294. The van der Waals surface area contributed by atoms with Gasteiger partial charge in [-0.3, -0.25) is 4.79 Å². The molecule has 0 aliphatic rings. The van der Waals surface area contributed by atoms with E-state index in [-0.39, 0.29) is 0 Å². The summed E-state index contributed by atoms with van der Waals surface area (Å²) in [6, 6.07) is 3.68. The van der Waals surface area contributed by atoms with Crippen molar-refractivity contribution < 1.29 is 14.3 Å². The third-order valence-corrected chi connectivity index (χ3v) is 3.18. The van der Waals surface area contributed by atoms with Crippen LogP contribution in [0.5, 0.6) is 11.5 Å². The van der Waals surface area contributed by atoms with Crippen molar-refractivity contribution in [2.24, 2.45) is 0 Å². The molecule has 0 unspecified atom stereocenters. The van der Waals surface area contributed by atoms with E-state index in [1.165, 1.54) is 0 Å². The Kier molecular flexibility index (Phi) is 4.16. The maximum atomic E-state index is 10.6. The number of methoxy groups -OCH3 is 2. The van der Waals surface area contributed by atoms with Gasteiger partial charge in [-0.25, -0.2) is 4.68 Å². The van der Waals surface area contributed by atoms with Crippen LogP contribution in [-0.4, -0.2) is 35.5 Å². The molecule has 7 heteroatoms. The molecule has 19 heavy (non-hydrogen) atoms. The zero-order valence-corrected chi connectivity index (χ0v) is 12.0. The van der Waals surface area contributed by atoms with Crippen LogP contribution >= 0.6 is 15.9 Å². The number of carbonyl (C=O) groups excluding carboxylic acids is 1. The Bertz CT molecular complexity index is 598. The number of benzene rings is 1. The number of hydrogen-bond donors (Lipinski definition) is 0. The Morgan fingerprint density at radius 2 is 2.05 bits per heavy atom. The minimum atomic E-state index is 0.294. The summed E-state index contributed by atoms with van der Waals surface area (Å²) in [5, 5.41) is 7.57. The van der Waals surface area contributed by atoms with Crippen LogP contribution in [0.2, 0.25) is 0 Å². The zero-order chi connectivity index (χ0) is 13.8. The lowest BCUT2D eigenvalue weighted by atomic mass is 10.2. The van der Waals surface area contributed by atoms with Gasteiger partial charge in [0.2, 0.25) is 0 Å². The van der Waals surface area contributed by atoms with Gasteiger partial charge in [0.1, 0.15) is 17.2 Å². The van der Waals surface area contributed by atoms with Gasteiger partial charge in [-0.15, -0.1) is 5.10 Å². The maximum absolute atomic E-state index is 10.6. The summed E-state index contributed by atoms with van der Waals surface area (Å²) in [6.07, 6.45) is 2.23. The fourth-order valence-electron chi connectivity index (χ4n) is 1.67. The van der Waals surface area contributed by atoms with E-state index in [0.717, 1.165) is 10.0 Å². The minimum Gasteiger partial charge on any atom is -0.496 e. The number of hydrogen-bond acceptors (Lipinski definition) is 5. The first kappa shape index (κ1) is 13.5. The molecule has 100 valence electrons. The number of rotatable bonds is 5. The number of aromatic nitrogens is 3. The highest BCUT2D eigenvalue weighted by Crippen LogP contribution is 2.33. The van der Waals surface area contributed by atoms with Gasteiger partial charge < -0.3 is 9.47 Å². The van der Waals surface area contributed by atoms with Crippen LogP contribution in [0.25, 0.3) is 0 Å². The molecule has 0 spiro atoms. The van der Waals surface area contributed by atoms with E-state index in [1.54, 1.807) is 25.1 Å². The Morgan fingerprint density at radius 3 is 2.63 bits per heavy atom. The second kappa shape index (κ2) is 5.83. The molecule has 0 saturated heterocycles. The van der Waals surface area contributed by atoms with Crippen LogP contribution in [0.1, 0.15) is 16.1 Å². The van der Waals surface area contributed by atoms with Gasteiger partial charge in [-0.2, -0.15) is 0 Å². The van der Waals surface area contributed by atoms with E-state index in [4.69, 9.17) is 9.47 Å². The molecular formula is C12H12BrN3O3. The molecule has 0 aliphatic heterocycles. The van der Waals surface area contributed by atoms with Crippen molar-refractivity contribution in [1.29, 1.82) is 0 Å². The van der Waals surface area contributed by atoms with Crippen molar-refractivity contribution in [2.45, 2.75) is 6.54 Å². The highest BCUT2D eigenvalue weighted by Gasteiger charge is 2.11. The number of aldehydes is 1. The quantitative estimate of drug-likeness (QED) is 0.786. The largest absolute Gasteiger partial charge is 0.496 e. The molecule has 0 fully saturated rings. The van der Waals surface area contributed by atoms with Crippen LogP contribution in [0.4, 0.5) is 0 Å². The van der Waals surface area contributed by atoms with Crippen molar-refractivity contribution in [3.8, 4) is 11.5 Å². The highest BCUT2D eigenvalue weighted by atomic mass is 79.9. The predicted octanol–water partition coefficient (Wildman–Crippen LogP) is 1.92. The molecule has 0 atom stereocenters. The summed E-state index contributed by atoms with van der Waals surface area (Å²) in [6.45, 7) is 0.438. The van der Waals surface area contributed by atoms with Gasteiger partial charge in [0, 0.05) is 5.56 Å². The third kappa shape index (κ3) is 2.93. The molecule has 0 amide bonds. The van der Waals surface area contributed by atoms with Gasteiger partial charge in [-0.05, 0) is 28.1 Å². The summed E-state index contributed by atoms with van der Waals surface area (Å²) < 4.78 is 12.9. The van der Waals surface area contributed by atoms with Crippen molar-refractivity contribution in [3.63, 3.8) is 0 Å². The predicted molar refractivity (Wildman–Crippen MR) is 71.8 cm³/mol. The van der Waals surface area contributed by atoms with E-state index >= 15 is 0 Å². The molecule has 1 aromatic heterocycles. The first-order valence-corrected chi connectivity index (χ1v) is 6.23. The van der Waals surface area contributed by atoms with Crippen molar-refractivity contribution in [3.05, 3.63) is 34.1 Å².